The fourth-order valence-electron chi connectivity index (χ4n) is 0.375. The van der Waals surface area contributed by atoms with Gasteiger partial charge in [-0.1, -0.05) is 26.2 Å². The summed E-state index contributed by atoms with van der Waals surface area (Å²) in [7, 11) is 0. The molecule has 0 spiro atoms. The molecule has 0 unspecified atom stereocenters. The summed E-state index contributed by atoms with van der Waals surface area (Å²) in [5.74, 6) is 0. The number of rotatable bonds is 3. The molecule has 0 saturated carbocycles. The largest absolute Gasteiger partial charge is 0.677 e. The van der Waals surface area contributed by atoms with E-state index in [9.17, 15) is 0 Å². The van der Waals surface area contributed by atoms with E-state index >= 15 is 0 Å². The fourth-order valence-corrected chi connectivity index (χ4v) is 0.375. The molecule has 0 rings (SSSR count). The molecule has 2 heteroatoms. The third-order valence-corrected chi connectivity index (χ3v) is 0.780. The van der Waals surface area contributed by atoms with Gasteiger partial charge < -0.3 is 19.6 Å². The minimum atomic E-state index is 0. The predicted molar refractivity (Wildman–Crippen MR) is 50.8 cm³/mol. The normalized spacial score (nSPS) is 6.00. The summed E-state index contributed by atoms with van der Waals surface area (Å²) in [6.07, 6.45) is 3.54. The van der Waals surface area contributed by atoms with Gasteiger partial charge in [0.25, 0.3) is 0 Å². The van der Waals surface area contributed by atoms with Gasteiger partial charge in [-0.25, -0.2) is 0 Å². The van der Waals surface area contributed by atoms with E-state index in [1.165, 1.54) is 12.8 Å². The maximum absolute atomic E-state index is 6.71. The van der Waals surface area contributed by atoms with Crippen LogP contribution in [0.2, 0.25) is 0 Å². The summed E-state index contributed by atoms with van der Waals surface area (Å²) < 4.78 is 0. The van der Waals surface area contributed by atoms with E-state index in [0.717, 1.165) is 6.42 Å². The first-order valence-electron chi connectivity index (χ1n) is 3.97. The molecule has 0 aromatic carbocycles. The van der Waals surface area contributed by atoms with Crippen LogP contribution in [0, 0.1) is 13.8 Å². The van der Waals surface area contributed by atoms with Crippen LogP contribution in [-0.4, -0.2) is 6.54 Å². The molecule has 11 heavy (non-hydrogen) atoms. The fraction of sp³-hybridized carbons (Fsp3) is 0.778. The third kappa shape index (κ3) is 57.6. The first kappa shape index (κ1) is 22.6. The van der Waals surface area contributed by atoms with Gasteiger partial charge in [-0.05, 0) is 0 Å². The van der Waals surface area contributed by atoms with Crippen LogP contribution in [0.1, 0.15) is 40.0 Å². The molecule has 0 radical (unpaired) electrons. The molecule has 0 bridgehead atoms. The second-order valence-corrected chi connectivity index (χ2v) is 1.46. The zero-order valence-corrected chi connectivity index (χ0v) is 11.8. The molecule has 0 saturated heterocycles. The molecule has 0 aromatic rings. The molecule has 1 N–H and O–H groups in total. The number of nitrogens with one attached hydrogen (secondary N) is 1. The van der Waals surface area contributed by atoms with Crippen LogP contribution in [0.15, 0.2) is 0 Å². The van der Waals surface area contributed by atoms with Crippen LogP contribution in [0.5, 0.6) is 0 Å². The quantitative estimate of drug-likeness (QED) is 0.427. The molecule has 0 fully saturated rings. The van der Waals surface area contributed by atoms with Crippen molar-refractivity contribution >= 4 is 0 Å². The number of hydrogen-bond donors (Lipinski definition) is 0. The second-order valence-electron chi connectivity index (χ2n) is 1.46. The standard InChI is InChI=1S/C5H12N.2C2H5.Hf/c1-2-3-4-5-6;2*1-2;/h6H,2-5H2,1H3;2*1H2,2H3;/q3*-1;. The van der Waals surface area contributed by atoms with E-state index in [2.05, 4.69) is 20.8 Å². The molecular formula is C9H22HfN-3. The Labute approximate surface area is 91.9 Å². The maximum atomic E-state index is 6.71. The monoisotopic (exact) mass is 324 g/mol. The van der Waals surface area contributed by atoms with Crippen molar-refractivity contribution < 1.29 is 25.8 Å². The van der Waals surface area contributed by atoms with Crippen LogP contribution in [0.3, 0.4) is 0 Å². The van der Waals surface area contributed by atoms with Gasteiger partial charge in [-0.3, -0.25) is 0 Å². The minimum Gasteiger partial charge on any atom is -0.677 e. The van der Waals surface area contributed by atoms with E-state index in [0.29, 0.717) is 6.54 Å². The first-order chi connectivity index (χ1) is 4.91. The van der Waals surface area contributed by atoms with Crippen molar-refractivity contribution in [3.8, 4) is 0 Å². The molecule has 0 atom stereocenters. The van der Waals surface area contributed by atoms with Crippen molar-refractivity contribution in [3.63, 3.8) is 0 Å². The summed E-state index contributed by atoms with van der Waals surface area (Å²) in [5.41, 5.74) is 6.71. The van der Waals surface area contributed by atoms with Gasteiger partial charge >= 0.3 is 0 Å². The predicted octanol–water partition coefficient (Wildman–Crippen LogP) is 3.91. The maximum Gasteiger partial charge on any atom is 0 e. The SMILES string of the molecule is CCCCC[NH-].[CH2-]C.[CH2-]C.[Hf]. The van der Waals surface area contributed by atoms with Crippen molar-refractivity contribution in [2.24, 2.45) is 0 Å². The molecule has 0 heterocycles. The number of hydrogen-bond acceptors (Lipinski definition) is 0. The molecule has 70 valence electrons. The Kier molecular flexibility index (Phi) is 92.3. The van der Waals surface area contributed by atoms with Crippen LogP contribution in [0.4, 0.5) is 0 Å². The Morgan fingerprint density at radius 2 is 1.36 bits per heavy atom. The van der Waals surface area contributed by atoms with Crippen molar-refractivity contribution in [2.45, 2.75) is 40.0 Å². The zero-order chi connectivity index (χ0) is 8.83. The summed E-state index contributed by atoms with van der Waals surface area (Å²) in [4.78, 5) is 0. The summed E-state index contributed by atoms with van der Waals surface area (Å²) in [6.45, 7) is 12.8. The van der Waals surface area contributed by atoms with Crippen LogP contribution in [-0.2, 0) is 25.8 Å². The Bertz CT molecular complexity index is 21.5. The van der Waals surface area contributed by atoms with Gasteiger partial charge in [0.1, 0.15) is 0 Å². The number of unbranched alkanes of at least 4 members (excludes halogenated alkanes) is 2. The van der Waals surface area contributed by atoms with Gasteiger partial charge in [0.15, 0.2) is 0 Å². The van der Waals surface area contributed by atoms with E-state index in [-0.39, 0.29) is 25.8 Å². The average molecular weight is 323 g/mol. The summed E-state index contributed by atoms with van der Waals surface area (Å²) in [5, 5.41) is 0. The Morgan fingerprint density at radius 1 is 1.00 bits per heavy atom. The van der Waals surface area contributed by atoms with Gasteiger partial charge in [0, 0.05) is 25.8 Å². The molecule has 0 aromatic heterocycles. The van der Waals surface area contributed by atoms with Crippen molar-refractivity contribution in [1.29, 1.82) is 0 Å². The smallest absolute Gasteiger partial charge is 0 e. The van der Waals surface area contributed by atoms with Crippen molar-refractivity contribution in [3.05, 3.63) is 19.6 Å². The van der Waals surface area contributed by atoms with Crippen molar-refractivity contribution in [1.82, 2.24) is 0 Å². The molecule has 0 aliphatic heterocycles. The van der Waals surface area contributed by atoms with E-state index in [1.807, 2.05) is 0 Å². The van der Waals surface area contributed by atoms with Crippen LogP contribution in [0.25, 0.3) is 5.73 Å². The Morgan fingerprint density at radius 3 is 1.45 bits per heavy atom. The van der Waals surface area contributed by atoms with E-state index < -0.39 is 0 Å². The van der Waals surface area contributed by atoms with Crippen molar-refractivity contribution in [2.75, 3.05) is 6.54 Å². The Hall–Kier alpha value is 0.830. The first-order valence-corrected chi connectivity index (χ1v) is 3.97. The van der Waals surface area contributed by atoms with E-state index in [4.69, 9.17) is 5.73 Å². The van der Waals surface area contributed by atoms with Gasteiger partial charge in [-0.15, -0.1) is 0 Å². The van der Waals surface area contributed by atoms with Gasteiger partial charge in [0.2, 0.25) is 0 Å². The summed E-state index contributed by atoms with van der Waals surface area (Å²) in [6, 6.07) is 0. The van der Waals surface area contributed by atoms with Gasteiger partial charge in [0.05, 0.1) is 0 Å². The molecular weight excluding hydrogens is 301 g/mol. The van der Waals surface area contributed by atoms with Crippen LogP contribution < -0.4 is 0 Å². The second kappa shape index (κ2) is 44.9. The van der Waals surface area contributed by atoms with E-state index in [1.54, 1.807) is 13.8 Å². The average Bonchev–Trinajstić information content (AvgIpc) is 2.08. The molecule has 0 aliphatic rings. The zero-order valence-electron chi connectivity index (χ0n) is 8.24. The molecule has 1 nitrogen and oxygen atoms in total. The van der Waals surface area contributed by atoms with Crippen LogP contribution >= 0.6 is 0 Å². The molecule has 0 aliphatic carbocycles. The summed E-state index contributed by atoms with van der Waals surface area (Å²) >= 11 is 0. The topological polar surface area (TPSA) is 23.8 Å². The molecule has 0 amide bonds. The minimum absolute atomic E-state index is 0. The Balaban J connectivity index is -0.0000000428. The van der Waals surface area contributed by atoms with Gasteiger partial charge in [-0.2, -0.15) is 20.4 Å². The third-order valence-electron chi connectivity index (χ3n) is 0.780.